The molecule has 5 nitrogen and oxygen atoms in total. The van der Waals surface area contributed by atoms with Gasteiger partial charge in [0.2, 0.25) is 0 Å². The van der Waals surface area contributed by atoms with Crippen molar-refractivity contribution < 1.29 is 9.90 Å². The fourth-order valence-corrected chi connectivity index (χ4v) is 4.54. The van der Waals surface area contributed by atoms with Crippen LogP contribution in [0.1, 0.15) is 42.3 Å². The van der Waals surface area contributed by atoms with Crippen LogP contribution in [0.15, 0.2) is 77.6 Å². The summed E-state index contributed by atoms with van der Waals surface area (Å²) in [6.45, 7) is 7.47. The molecule has 1 heterocycles. The van der Waals surface area contributed by atoms with Crippen molar-refractivity contribution in [2.45, 2.75) is 26.2 Å². The van der Waals surface area contributed by atoms with Gasteiger partial charge in [-0.15, -0.1) is 4.91 Å². The number of nitroso groups, excluding NO2 is 1. The minimum atomic E-state index is -1.16. The minimum Gasteiger partial charge on any atom is -0.478 e. The molecule has 0 saturated heterocycles. The Balaban J connectivity index is 1.74. The summed E-state index contributed by atoms with van der Waals surface area (Å²) in [5.41, 5.74) is 4.11. The molecule has 0 spiro atoms. The van der Waals surface area contributed by atoms with Crippen LogP contribution in [0.3, 0.4) is 0 Å². The molecular formula is C26H24N2O3. The van der Waals surface area contributed by atoms with Gasteiger partial charge in [-0.3, -0.25) is 0 Å². The Labute approximate surface area is 181 Å². The molecule has 0 aliphatic carbocycles. The quantitative estimate of drug-likeness (QED) is 0.476. The monoisotopic (exact) mass is 412 g/mol. The van der Waals surface area contributed by atoms with Crippen LogP contribution >= 0.6 is 0 Å². The highest BCUT2D eigenvalue weighted by molar-refractivity contribution is 5.95. The van der Waals surface area contributed by atoms with Crippen LogP contribution in [0.25, 0.3) is 16.8 Å². The topological polar surface area (TPSA) is 70.0 Å². The number of carboxylic acid groups (broad SMARTS) is 1. The summed E-state index contributed by atoms with van der Waals surface area (Å²) >= 11 is 0. The molecule has 3 aromatic rings. The highest BCUT2D eigenvalue weighted by atomic mass is 16.4. The summed E-state index contributed by atoms with van der Waals surface area (Å²) in [6, 6.07) is 17.4. The molecule has 0 saturated carbocycles. The third-order valence-corrected chi connectivity index (χ3v) is 5.96. The number of nitrogens with zero attached hydrogens (tertiary/aromatic N) is 2. The van der Waals surface area contributed by atoms with E-state index in [4.69, 9.17) is 5.11 Å². The van der Waals surface area contributed by atoms with Crippen LogP contribution in [0.4, 0.5) is 11.4 Å². The molecule has 1 aliphatic rings. The van der Waals surface area contributed by atoms with Gasteiger partial charge in [0.15, 0.2) is 0 Å². The van der Waals surface area contributed by atoms with E-state index in [0.717, 1.165) is 12.1 Å². The van der Waals surface area contributed by atoms with E-state index in [1.54, 1.807) is 6.07 Å². The van der Waals surface area contributed by atoms with E-state index in [9.17, 15) is 9.70 Å². The number of benzene rings is 3. The molecule has 31 heavy (non-hydrogen) atoms. The first kappa shape index (κ1) is 20.5. The minimum absolute atomic E-state index is 0.0717. The zero-order valence-electron chi connectivity index (χ0n) is 17.8. The molecule has 5 heteroatoms. The maximum absolute atomic E-state index is 11.2. The second-order valence-corrected chi connectivity index (χ2v) is 8.13. The van der Waals surface area contributed by atoms with E-state index in [1.165, 1.54) is 39.9 Å². The Bertz CT molecular complexity index is 1250. The zero-order valence-corrected chi connectivity index (χ0v) is 17.8. The van der Waals surface area contributed by atoms with Crippen LogP contribution in [-0.2, 0) is 5.41 Å². The van der Waals surface area contributed by atoms with Crippen molar-refractivity contribution >= 4 is 34.2 Å². The normalized spacial score (nSPS) is 16.2. The van der Waals surface area contributed by atoms with Crippen molar-refractivity contribution in [3.8, 4) is 0 Å². The predicted molar refractivity (Wildman–Crippen MR) is 126 cm³/mol. The number of aromatic carboxylic acids is 1. The number of anilines is 1. The van der Waals surface area contributed by atoms with Crippen molar-refractivity contribution in [3.05, 3.63) is 94.0 Å². The lowest BCUT2D eigenvalue weighted by Crippen LogP contribution is -2.25. The highest BCUT2D eigenvalue weighted by Crippen LogP contribution is 2.50. The average molecular weight is 412 g/mol. The number of hydrogen-bond acceptors (Lipinski definition) is 4. The first-order valence-corrected chi connectivity index (χ1v) is 10.3. The molecule has 3 aromatic carbocycles. The molecule has 0 aromatic heterocycles. The summed E-state index contributed by atoms with van der Waals surface area (Å²) in [6.07, 6.45) is 5.90. The van der Waals surface area contributed by atoms with E-state index < -0.39 is 5.97 Å². The second-order valence-electron chi connectivity index (χ2n) is 8.13. The Morgan fingerprint density at radius 3 is 2.61 bits per heavy atom. The van der Waals surface area contributed by atoms with Crippen molar-refractivity contribution in [1.82, 2.24) is 0 Å². The lowest BCUT2D eigenvalue weighted by Gasteiger charge is -2.26. The smallest absolute Gasteiger partial charge is 0.338 e. The van der Waals surface area contributed by atoms with E-state index in [-0.39, 0.29) is 16.7 Å². The Morgan fingerprint density at radius 2 is 1.90 bits per heavy atom. The van der Waals surface area contributed by atoms with Gasteiger partial charge < -0.3 is 10.0 Å². The van der Waals surface area contributed by atoms with Crippen LogP contribution in [0.5, 0.6) is 0 Å². The van der Waals surface area contributed by atoms with Crippen LogP contribution in [-0.4, -0.2) is 17.6 Å². The van der Waals surface area contributed by atoms with Crippen molar-refractivity contribution in [2.24, 2.45) is 5.18 Å². The Morgan fingerprint density at radius 1 is 1.13 bits per heavy atom. The molecule has 0 unspecified atom stereocenters. The fraction of sp³-hybridized carbons (Fsp3) is 0.192. The molecule has 0 amide bonds. The summed E-state index contributed by atoms with van der Waals surface area (Å²) in [5, 5.41) is 14.5. The number of hydrogen-bond donors (Lipinski definition) is 1. The lowest BCUT2D eigenvalue weighted by molar-refractivity contribution is 0.0698. The third-order valence-electron chi connectivity index (χ3n) is 5.96. The SMILES string of the molecule is CCN1/C(=C/C=C/c2ccc(C(=O)O)c(N=O)c2)C(C)(C)c2c1ccc1ccccc21. The molecule has 0 radical (unpaired) electrons. The maximum Gasteiger partial charge on any atom is 0.338 e. The molecule has 156 valence electrons. The molecule has 0 fully saturated rings. The number of rotatable bonds is 5. The van der Waals surface area contributed by atoms with Crippen LogP contribution in [0, 0.1) is 4.91 Å². The lowest BCUT2D eigenvalue weighted by atomic mass is 9.81. The van der Waals surface area contributed by atoms with Crippen LogP contribution in [0.2, 0.25) is 0 Å². The van der Waals surface area contributed by atoms with Crippen molar-refractivity contribution in [1.29, 1.82) is 0 Å². The Hall–Kier alpha value is -3.73. The van der Waals surface area contributed by atoms with E-state index in [1.807, 2.05) is 12.2 Å². The summed E-state index contributed by atoms with van der Waals surface area (Å²) < 4.78 is 0. The maximum atomic E-state index is 11.2. The first-order chi connectivity index (χ1) is 14.9. The van der Waals surface area contributed by atoms with Crippen molar-refractivity contribution in [2.75, 3.05) is 11.4 Å². The van der Waals surface area contributed by atoms with Gasteiger partial charge in [-0.25, -0.2) is 4.79 Å². The van der Waals surface area contributed by atoms with E-state index >= 15 is 0 Å². The Kier molecular flexibility index (Phi) is 5.19. The van der Waals surface area contributed by atoms with E-state index in [0.29, 0.717) is 0 Å². The van der Waals surface area contributed by atoms with Crippen LogP contribution < -0.4 is 4.90 Å². The van der Waals surface area contributed by atoms with Gasteiger partial charge in [-0.05, 0) is 58.3 Å². The van der Waals surface area contributed by atoms with Crippen molar-refractivity contribution in [3.63, 3.8) is 0 Å². The van der Waals surface area contributed by atoms with Gasteiger partial charge in [-0.1, -0.05) is 62.4 Å². The molecule has 0 bridgehead atoms. The first-order valence-electron chi connectivity index (χ1n) is 10.3. The number of likely N-dealkylation sites (N-methyl/N-ethyl adjacent to an activating group) is 1. The van der Waals surface area contributed by atoms with Gasteiger partial charge >= 0.3 is 5.97 Å². The second kappa shape index (κ2) is 7.84. The largest absolute Gasteiger partial charge is 0.478 e. The molecule has 1 aliphatic heterocycles. The number of carboxylic acids is 1. The van der Waals surface area contributed by atoms with Gasteiger partial charge in [0.1, 0.15) is 5.69 Å². The predicted octanol–water partition coefficient (Wildman–Crippen LogP) is 6.65. The molecule has 4 rings (SSSR count). The average Bonchev–Trinajstić information content (AvgIpc) is 2.99. The molecule has 1 N–H and O–H groups in total. The summed E-state index contributed by atoms with van der Waals surface area (Å²) in [7, 11) is 0. The van der Waals surface area contributed by atoms with Gasteiger partial charge in [0.25, 0.3) is 0 Å². The van der Waals surface area contributed by atoms with E-state index in [2.05, 4.69) is 73.3 Å². The number of fused-ring (bicyclic) bond motifs is 3. The van der Waals surface area contributed by atoms with Gasteiger partial charge in [0.05, 0.1) is 5.56 Å². The standard InChI is InChI=1S/C26H24N2O3/c1-4-28-22-15-13-18-9-5-6-10-19(18)24(22)26(2,3)23(28)11-7-8-17-12-14-20(25(29)30)21(16-17)27-31/h5-16H,4H2,1-3H3,(H,29,30)/b8-7+,23-11+. The number of allylic oxidation sites excluding steroid dienone is 3. The summed E-state index contributed by atoms with van der Waals surface area (Å²) in [5.74, 6) is -1.16. The molecule has 0 atom stereocenters. The van der Waals surface area contributed by atoms with Gasteiger partial charge in [0, 0.05) is 23.3 Å². The fourth-order valence-electron chi connectivity index (χ4n) is 4.54. The number of carbonyl (C=O) groups is 1. The zero-order chi connectivity index (χ0) is 22.2. The summed E-state index contributed by atoms with van der Waals surface area (Å²) in [4.78, 5) is 24.5. The van der Waals surface area contributed by atoms with Gasteiger partial charge in [-0.2, -0.15) is 0 Å². The molecular weight excluding hydrogens is 388 g/mol. The third kappa shape index (κ3) is 3.42. The highest BCUT2D eigenvalue weighted by Gasteiger charge is 2.40.